The van der Waals surface area contributed by atoms with Crippen molar-refractivity contribution in [1.82, 2.24) is 0 Å². The molecule has 19 heavy (non-hydrogen) atoms. The van der Waals surface area contributed by atoms with E-state index in [1.54, 1.807) is 12.1 Å². The summed E-state index contributed by atoms with van der Waals surface area (Å²) < 4.78 is 10.9. The van der Waals surface area contributed by atoms with E-state index in [2.05, 4.69) is 0 Å². The SMILES string of the molecule is COc1cc(CC(N)C(=O)O)cc(Cl)c1OC1CC1. The number of aliphatic carboxylic acids is 1. The maximum atomic E-state index is 10.7. The fourth-order valence-electron chi connectivity index (χ4n) is 1.70. The van der Waals surface area contributed by atoms with Gasteiger partial charge in [-0.15, -0.1) is 0 Å². The van der Waals surface area contributed by atoms with Crippen molar-refractivity contribution in [3.63, 3.8) is 0 Å². The third-order valence-corrected chi connectivity index (χ3v) is 3.15. The Morgan fingerprint density at radius 3 is 2.79 bits per heavy atom. The quantitative estimate of drug-likeness (QED) is 0.833. The molecule has 1 fully saturated rings. The number of hydrogen-bond donors (Lipinski definition) is 2. The number of methoxy groups -OCH3 is 1. The Bertz CT molecular complexity index is 488. The van der Waals surface area contributed by atoms with E-state index in [4.69, 9.17) is 31.9 Å². The molecule has 3 N–H and O–H groups in total. The summed E-state index contributed by atoms with van der Waals surface area (Å²) >= 11 is 6.15. The van der Waals surface area contributed by atoms with Crippen LogP contribution in [0.1, 0.15) is 18.4 Å². The van der Waals surface area contributed by atoms with Gasteiger partial charge in [-0.05, 0) is 37.0 Å². The normalized spacial score (nSPS) is 15.9. The zero-order chi connectivity index (χ0) is 14.0. The number of carboxylic acid groups (broad SMARTS) is 1. The lowest BCUT2D eigenvalue weighted by molar-refractivity contribution is -0.138. The zero-order valence-corrected chi connectivity index (χ0v) is 11.3. The van der Waals surface area contributed by atoms with Crippen LogP contribution in [0.25, 0.3) is 0 Å². The van der Waals surface area contributed by atoms with Gasteiger partial charge in [-0.1, -0.05) is 11.6 Å². The van der Waals surface area contributed by atoms with E-state index >= 15 is 0 Å². The molecule has 2 rings (SSSR count). The van der Waals surface area contributed by atoms with Crippen LogP contribution in [0.3, 0.4) is 0 Å². The molecule has 0 bridgehead atoms. The molecule has 1 aliphatic carbocycles. The number of carbonyl (C=O) groups is 1. The summed E-state index contributed by atoms with van der Waals surface area (Å²) in [5.74, 6) is -0.0281. The number of rotatable bonds is 6. The fraction of sp³-hybridized carbons (Fsp3) is 0.462. The average Bonchev–Trinajstić information content (AvgIpc) is 3.15. The summed E-state index contributed by atoms with van der Waals surface area (Å²) in [6.45, 7) is 0. The topological polar surface area (TPSA) is 81.8 Å². The maximum Gasteiger partial charge on any atom is 0.320 e. The summed E-state index contributed by atoms with van der Waals surface area (Å²) in [6.07, 6.45) is 2.43. The van der Waals surface area contributed by atoms with Gasteiger partial charge in [0, 0.05) is 0 Å². The van der Waals surface area contributed by atoms with Gasteiger partial charge in [0.25, 0.3) is 0 Å². The lowest BCUT2D eigenvalue weighted by atomic mass is 10.1. The molecule has 0 radical (unpaired) electrons. The predicted octanol–water partition coefficient (Wildman–Crippen LogP) is 1.84. The largest absolute Gasteiger partial charge is 0.493 e. The van der Waals surface area contributed by atoms with E-state index < -0.39 is 12.0 Å². The first-order valence-corrected chi connectivity index (χ1v) is 6.40. The smallest absolute Gasteiger partial charge is 0.320 e. The third kappa shape index (κ3) is 3.52. The first-order chi connectivity index (χ1) is 9.01. The molecule has 1 atom stereocenters. The average molecular weight is 286 g/mol. The number of carboxylic acids is 1. The predicted molar refractivity (Wildman–Crippen MR) is 71.0 cm³/mol. The van der Waals surface area contributed by atoms with Gasteiger partial charge in [0.05, 0.1) is 18.2 Å². The molecular weight excluding hydrogens is 270 g/mol. The van der Waals surface area contributed by atoms with Gasteiger partial charge in [0.1, 0.15) is 6.04 Å². The molecule has 5 nitrogen and oxygen atoms in total. The van der Waals surface area contributed by atoms with Crippen LogP contribution in [-0.4, -0.2) is 30.3 Å². The first-order valence-electron chi connectivity index (χ1n) is 6.02. The molecule has 0 amide bonds. The van der Waals surface area contributed by atoms with Crippen molar-refractivity contribution in [2.45, 2.75) is 31.4 Å². The van der Waals surface area contributed by atoms with E-state index in [1.807, 2.05) is 0 Å². The molecule has 1 aliphatic rings. The number of nitrogens with two attached hydrogens (primary N) is 1. The van der Waals surface area contributed by atoms with Crippen molar-refractivity contribution < 1.29 is 19.4 Å². The molecule has 0 aliphatic heterocycles. The summed E-state index contributed by atoms with van der Waals surface area (Å²) in [6, 6.07) is 2.42. The second kappa shape index (κ2) is 5.67. The zero-order valence-electron chi connectivity index (χ0n) is 10.6. The summed E-state index contributed by atoms with van der Waals surface area (Å²) in [5, 5.41) is 9.22. The summed E-state index contributed by atoms with van der Waals surface area (Å²) in [7, 11) is 1.52. The van der Waals surface area contributed by atoms with E-state index in [1.165, 1.54) is 7.11 Å². The van der Waals surface area contributed by atoms with E-state index in [9.17, 15) is 4.79 Å². The van der Waals surface area contributed by atoms with Crippen LogP contribution < -0.4 is 15.2 Å². The second-order valence-electron chi connectivity index (χ2n) is 4.58. The molecular formula is C13H16ClNO4. The highest BCUT2D eigenvalue weighted by Gasteiger charge is 2.26. The molecule has 1 aromatic carbocycles. The molecule has 6 heteroatoms. The highest BCUT2D eigenvalue weighted by molar-refractivity contribution is 6.32. The van der Waals surface area contributed by atoms with Gasteiger partial charge in [0.15, 0.2) is 11.5 Å². The molecule has 0 spiro atoms. The summed E-state index contributed by atoms with van der Waals surface area (Å²) in [5.41, 5.74) is 6.21. The highest BCUT2D eigenvalue weighted by atomic mass is 35.5. The molecule has 0 heterocycles. The first kappa shape index (κ1) is 14.0. The van der Waals surface area contributed by atoms with Gasteiger partial charge < -0.3 is 20.3 Å². The van der Waals surface area contributed by atoms with Crippen molar-refractivity contribution in [3.05, 3.63) is 22.7 Å². The van der Waals surface area contributed by atoms with Gasteiger partial charge in [-0.25, -0.2) is 0 Å². The van der Waals surface area contributed by atoms with Crippen molar-refractivity contribution in [2.75, 3.05) is 7.11 Å². The molecule has 1 aromatic rings. The lowest BCUT2D eigenvalue weighted by Crippen LogP contribution is -2.32. The Labute approximate surface area is 116 Å². The van der Waals surface area contributed by atoms with Crippen molar-refractivity contribution >= 4 is 17.6 Å². The van der Waals surface area contributed by atoms with Crippen molar-refractivity contribution in [2.24, 2.45) is 5.73 Å². The van der Waals surface area contributed by atoms with Crippen LogP contribution in [0.2, 0.25) is 5.02 Å². The van der Waals surface area contributed by atoms with Crippen LogP contribution in [0.4, 0.5) is 0 Å². The number of ether oxygens (including phenoxy) is 2. The minimum absolute atomic E-state index is 0.190. The Hall–Kier alpha value is -1.46. The lowest BCUT2D eigenvalue weighted by Gasteiger charge is -2.14. The van der Waals surface area contributed by atoms with Crippen LogP contribution in [0.5, 0.6) is 11.5 Å². The van der Waals surface area contributed by atoms with E-state index in [0.29, 0.717) is 22.1 Å². The van der Waals surface area contributed by atoms with Crippen molar-refractivity contribution in [1.29, 1.82) is 0 Å². The monoisotopic (exact) mass is 285 g/mol. The molecule has 0 aromatic heterocycles. The highest BCUT2D eigenvalue weighted by Crippen LogP contribution is 2.40. The molecule has 0 saturated heterocycles. The Kier molecular flexibility index (Phi) is 4.17. The minimum Gasteiger partial charge on any atom is -0.493 e. The Morgan fingerprint density at radius 2 is 2.26 bits per heavy atom. The van der Waals surface area contributed by atoms with E-state index in [0.717, 1.165) is 12.8 Å². The molecule has 1 saturated carbocycles. The van der Waals surface area contributed by atoms with Gasteiger partial charge in [0.2, 0.25) is 0 Å². The van der Waals surface area contributed by atoms with Gasteiger partial charge in [-0.2, -0.15) is 0 Å². The number of halogens is 1. The maximum absolute atomic E-state index is 10.7. The summed E-state index contributed by atoms with van der Waals surface area (Å²) in [4.78, 5) is 10.7. The van der Waals surface area contributed by atoms with E-state index in [-0.39, 0.29) is 12.5 Å². The van der Waals surface area contributed by atoms with Crippen LogP contribution in [0, 0.1) is 0 Å². The van der Waals surface area contributed by atoms with Gasteiger partial charge in [-0.3, -0.25) is 4.79 Å². The van der Waals surface area contributed by atoms with Crippen molar-refractivity contribution in [3.8, 4) is 11.5 Å². The number of benzene rings is 1. The van der Waals surface area contributed by atoms with Crippen LogP contribution in [-0.2, 0) is 11.2 Å². The van der Waals surface area contributed by atoms with Crippen LogP contribution in [0.15, 0.2) is 12.1 Å². The van der Waals surface area contributed by atoms with Crippen LogP contribution >= 0.6 is 11.6 Å². The Morgan fingerprint density at radius 1 is 1.58 bits per heavy atom. The molecule has 1 unspecified atom stereocenters. The van der Waals surface area contributed by atoms with Gasteiger partial charge >= 0.3 is 5.97 Å². The molecule has 104 valence electrons. The third-order valence-electron chi connectivity index (χ3n) is 2.87. The Balaban J connectivity index is 2.21. The number of hydrogen-bond acceptors (Lipinski definition) is 4. The minimum atomic E-state index is -1.05. The second-order valence-corrected chi connectivity index (χ2v) is 4.98. The standard InChI is InChI=1S/C13H16ClNO4/c1-18-11-6-7(5-10(15)13(16)17)4-9(14)12(11)19-8-2-3-8/h4,6,8,10H,2-3,5,15H2,1H3,(H,16,17). The fourth-order valence-corrected chi connectivity index (χ4v) is 1.98.